The van der Waals surface area contributed by atoms with Crippen molar-refractivity contribution < 1.29 is 4.79 Å². The number of amides is 1. The van der Waals surface area contributed by atoms with Crippen molar-refractivity contribution >= 4 is 23.0 Å². The zero-order valence-electron chi connectivity index (χ0n) is 17.3. The van der Waals surface area contributed by atoms with Gasteiger partial charge >= 0.3 is 0 Å². The van der Waals surface area contributed by atoms with Gasteiger partial charge in [-0.1, -0.05) is 61.9 Å². The number of carbonyl (C=O) groups is 1. The number of rotatable bonds is 8. The molecule has 4 rings (SSSR count). The Bertz CT molecular complexity index is 1020. The molecule has 1 saturated carbocycles. The topological polar surface area (TPSA) is 46.4 Å². The van der Waals surface area contributed by atoms with Crippen LogP contribution in [-0.4, -0.2) is 29.3 Å². The smallest absolute Gasteiger partial charge is 0.248 e. The van der Waals surface area contributed by atoms with E-state index in [1.807, 2.05) is 12.3 Å². The van der Waals surface area contributed by atoms with Gasteiger partial charge in [-0.15, -0.1) is 0 Å². The lowest BCUT2D eigenvalue weighted by Gasteiger charge is -2.11. The van der Waals surface area contributed by atoms with Crippen molar-refractivity contribution in [3.05, 3.63) is 71.9 Å². The highest BCUT2D eigenvalue weighted by atomic mass is 16.2. The molecule has 1 fully saturated rings. The average Bonchev–Trinajstić information content (AvgIpc) is 3.39. The summed E-state index contributed by atoms with van der Waals surface area (Å²) in [5.74, 6) is 0.150. The molecule has 3 aromatic rings. The van der Waals surface area contributed by atoms with Gasteiger partial charge < -0.3 is 9.88 Å². The maximum atomic E-state index is 12.7. The van der Waals surface area contributed by atoms with Crippen molar-refractivity contribution in [3.8, 4) is 0 Å². The summed E-state index contributed by atoms with van der Waals surface area (Å²) in [5.41, 5.74) is 3.06. The third-order valence-electron chi connectivity index (χ3n) is 5.95. The van der Waals surface area contributed by atoms with Crippen LogP contribution in [-0.2, 0) is 11.3 Å². The maximum Gasteiger partial charge on any atom is 0.248 e. The first-order valence-electron chi connectivity index (χ1n) is 10.6. The van der Waals surface area contributed by atoms with Crippen LogP contribution < -0.4 is 5.32 Å². The van der Waals surface area contributed by atoms with E-state index in [4.69, 9.17) is 4.99 Å². The highest BCUT2D eigenvalue weighted by Crippen LogP contribution is 2.56. The van der Waals surface area contributed by atoms with Gasteiger partial charge in [0.05, 0.1) is 0 Å². The van der Waals surface area contributed by atoms with E-state index in [1.54, 1.807) is 7.05 Å². The predicted octanol–water partition coefficient (Wildman–Crippen LogP) is 4.92. The molecule has 0 spiro atoms. The molecule has 2 unspecified atom stereocenters. The third-order valence-corrected chi connectivity index (χ3v) is 5.95. The fourth-order valence-electron chi connectivity index (χ4n) is 4.27. The number of benzene rings is 2. The number of unbranched alkanes of at least 4 members (excludes halogenated alkanes) is 2. The zero-order chi connectivity index (χ0) is 20.3. The Morgan fingerprint density at radius 2 is 1.97 bits per heavy atom. The van der Waals surface area contributed by atoms with Gasteiger partial charge in [0.1, 0.15) is 5.54 Å². The quantitative estimate of drug-likeness (QED) is 0.433. The second-order valence-electron chi connectivity index (χ2n) is 7.93. The van der Waals surface area contributed by atoms with Crippen molar-refractivity contribution in [2.45, 2.75) is 50.6 Å². The molecule has 4 nitrogen and oxygen atoms in total. The van der Waals surface area contributed by atoms with Crippen LogP contribution in [0.3, 0.4) is 0 Å². The molecule has 2 aromatic carbocycles. The van der Waals surface area contributed by atoms with Crippen LogP contribution in [0.5, 0.6) is 0 Å². The van der Waals surface area contributed by atoms with Crippen molar-refractivity contribution in [1.82, 2.24) is 9.88 Å². The van der Waals surface area contributed by atoms with Crippen LogP contribution in [0.25, 0.3) is 10.9 Å². The molecule has 1 aliphatic rings. The molecule has 4 heteroatoms. The molecule has 150 valence electrons. The van der Waals surface area contributed by atoms with E-state index in [2.05, 4.69) is 71.5 Å². The molecule has 0 saturated heterocycles. The molecule has 29 heavy (non-hydrogen) atoms. The van der Waals surface area contributed by atoms with Crippen LogP contribution in [0, 0.1) is 0 Å². The zero-order valence-corrected chi connectivity index (χ0v) is 17.3. The molecular formula is C25H29N3O. The number of hydrogen-bond donors (Lipinski definition) is 1. The predicted molar refractivity (Wildman–Crippen MR) is 120 cm³/mol. The summed E-state index contributed by atoms with van der Waals surface area (Å²) in [6.07, 6.45) is 8.13. The molecule has 1 amide bonds. The number of hydrogen-bond acceptors (Lipinski definition) is 2. The lowest BCUT2D eigenvalue weighted by Crippen LogP contribution is -2.33. The minimum atomic E-state index is -0.649. The highest BCUT2D eigenvalue weighted by Gasteiger charge is 2.61. The van der Waals surface area contributed by atoms with Gasteiger partial charge in [0.2, 0.25) is 5.91 Å². The van der Waals surface area contributed by atoms with Crippen LogP contribution in [0.1, 0.15) is 49.7 Å². The summed E-state index contributed by atoms with van der Waals surface area (Å²) in [6, 6.07) is 19.0. The number of carbonyl (C=O) groups excluding carboxylic acids is 1. The molecule has 1 N–H and O–H groups in total. The van der Waals surface area contributed by atoms with Crippen LogP contribution in [0.4, 0.5) is 0 Å². The standard InChI is InChI=1S/C25H29N3O/c1-3-4-10-15-27-25(24(29)26-2)16-22(25)21-18-28(17-19-11-6-5-7-12-19)23-14-9-8-13-20(21)23/h5-9,11-15,18,22H,3-4,10,16-17H2,1-2H3,(H,26,29). The summed E-state index contributed by atoms with van der Waals surface area (Å²) in [7, 11) is 1.71. The highest BCUT2D eigenvalue weighted by molar-refractivity contribution is 5.95. The Morgan fingerprint density at radius 1 is 1.21 bits per heavy atom. The SMILES string of the molecule is CCCCC=NC1(C(=O)NC)CC1c1cn(Cc2ccccc2)c2ccccc12. The molecule has 1 aliphatic carbocycles. The summed E-state index contributed by atoms with van der Waals surface area (Å²) in [6.45, 7) is 2.99. The second-order valence-corrected chi connectivity index (χ2v) is 7.93. The van der Waals surface area contributed by atoms with Gasteiger partial charge in [0.15, 0.2) is 0 Å². The first-order chi connectivity index (χ1) is 14.2. The molecule has 1 aromatic heterocycles. The molecule has 0 bridgehead atoms. The lowest BCUT2D eigenvalue weighted by atomic mass is 10.0. The summed E-state index contributed by atoms with van der Waals surface area (Å²) >= 11 is 0. The van der Waals surface area contributed by atoms with Crippen molar-refractivity contribution in [3.63, 3.8) is 0 Å². The third kappa shape index (κ3) is 3.71. The van der Waals surface area contributed by atoms with E-state index >= 15 is 0 Å². The summed E-state index contributed by atoms with van der Waals surface area (Å²) < 4.78 is 2.30. The van der Waals surface area contributed by atoms with Gasteiger partial charge in [0, 0.05) is 42.8 Å². The number of fused-ring (bicyclic) bond motifs is 1. The van der Waals surface area contributed by atoms with E-state index in [1.165, 1.54) is 22.0 Å². The Labute approximate surface area is 172 Å². The van der Waals surface area contributed by atoms with E-state index in [9.17, 15) is 4.79 Å². The minimum Gasteiger partial charge on any atom is -0.357 e. The van der Waals surface area contributed by atoms with Gasteiger partial charge in [-0.05, 0) is 36.5 Å². The monoisotopic (exact) mass is 387 g/mol. The Hall–Kier alpha value is -2.88. The largest absolute Gasteiger partial charge is 0.357 e. The fraction of sp³-hybridized carbons (Fsp3) is 0.360. The Balaban J connectivity index is 1.69. The molecule has 0 radical (unpaired) electrons. The fourth-order valence-corrected chi connectivity index (χ4v) is 4.27. The van der Waals surface area contributed by atoms with E-state index < -0.39 is 5.54 Å². The number of nitrogens with one attached hydrogen (secondary N) is 1. The van der Waals surface area contributed by atoms with Gasteiger partial charge in [-0.3, -0.25) is 9.79 Å². The summed E-state index contributed by atoms with van der Waals surface area (Å²) in [4.78, 5) is 17.5. The van der Waals surface area contributed by atoms with Crippen molar-refractivity contribution in [2.75, 3.05) is 7.05 Å². The molecular weight excluding hydrogens is 358 g/mol. The van der Waals surface area contributed by atoms with E-state index in [-0.39, 0.29) is 11.8 Å². The second kappa shape index (κ2) is 8.24. The Kier molecular flexibility index (Phi) is 5.52. The number of nitrogens with zero attached hydrogens (tertiary/aromatic N) is 2. The van der Waals surface area contributed by atoms with E-state index in [0.29, 0.717) is 0 Å². The van der Waals surface area contributed by atoms with Gasteiger partial charge in [-0.2, -0.15) is 0 Å². The van der Waals surface area contributed by atoms with Crippen LogP contribution in [0.2, 0.25) is 0 Å². The first-order valence-corrected chi connectivity index (χ1v) is 10.6. The number of para-hydroxylation sites is 1. The van der Waals surface area contributed by atoms with Crippen LogP contribution in [0.15, 0.2) is 65.8 Å². The number of aromatic nitrogens is 1. The van der Waals surface area contributed by atoms with Gasteiger partial charge in [-0.25, -0.2) is 0 Å². The number of likely N-dealkylation sites (N-methyl/N-ethyl adjacent to an activating group) is 1. The van der Waals surface area contributed by atoms with Crippen molar-refractivity contribution in [1.29, 1.82) is 0 Å². The van der Waals surface area contributed by atoms with Crippen LogP contribution >= 0.6 is 0 Å². The van der Waals surface area contributed by atoms with Crippen molar-refractivity contribution in [2.24, 2.45) is 4.99 Å². The summed E-state index contributed by atoms with van der Waals surface area (Å²) in [5, 5.41) is 4.07. The number of aliphatic imine (C=N–C) groups is 1. The maximum absolute atomic E-state index is 12.7. The Morgan fingerprint density at radius 3 is 2.72 bits per heavy atom. The van der Waals surface area contributed by atoms with Gasteiger partial charge in [0.25, 0.3) is 0 Å². The molecule has 0 aliphatic heterocycles. The van der Waals surface area contributed by atoms with E-state index in [0.717, 1.165) is 32.2 Å². The molecule has 1 heterocycles. The normalized spacial score (nSPS) is 21.0. The lowest BCUT2D eigenvalue weighted by molar-refractivity contribution is -0.122. The minimum absolute atomic E-state index is 0.0233. The first kappa shape index (κ1) is 19.4. The average molecular weight is 388 g/mol. The molecule has 2 atom stereocenters.